The first-order valence-corrected chi connectivity index (χ1v) is 7.35. The summed E-state index contributed by atoms with van der Waals surface area (Å²) in [6.07, 6.45) is 2.13. The number of aryl methyl sites for hydroxylation is 1. The first-order valence-electron chi connectivity index (χ1n) is 6.97. The van der Waals surface area contributed by atoms with Crippen molar-refractivity contribution in [3.63, 3.8) is 0 Å². The number of carboxylic acid groups (broad SMARTS) is 1. The number of rotatable bonds is 7. The highest BCUT2D eigenvalue weighted by atomic mass is 35.5. The van der Waals surface area contributed by atoms with Gasteiger partial charge in [0.25, 0.3) is 0 Å². The highest BCUT2D eigenvalue weighted by Crippen LogP contribution is 2.27. The third kappa shape index (κ3) is 5.02. The van der Waals surface area contributed by atoms with E-state index in [4.69, 9.17) is 16.7 Å². The van der Waals surface area contributed by atoms with E-state index in [0.29, 0.717) is 17.6 Å². The molecule has 0 spiro atoms. The van der Waals surface area contributed by atoms with E-state index < -0.39 is 5.97 Å². The number of hydrogen-bond donors (Lipinski definition) is 2. The molecule has 1 fully saturated rings. The van der Waals surface area contributed by atoms with Gasteiger partial charge in [0.2, 0.25) is 5.91 Å². The van der Waals surface area contributed by atoms with E-state index in [1.807, 2.05) is 11.8 Å². The Morgan fingerprint density at radius 3 is 2.71 bits per heavy atom. The molecule has 0 saturated heterocycles. The molecule has 0 radical (unpaired) electrons. The molecule has 1 aromatic rings. The van der Waals surface area contributed by atoms with E-state index in [0.717, 1.165) is 24.1 Å². The summed E-state index contributed by atoms with van der Waals surface area (Å²) in [5.74, 6) is -0.965. The smallest absolute Gasteiger partial charge is 0.304 e. The molecule has 1 aliphatic rings. The van der Waals surface area contributed by atoms with Crippen molar-refractivity contribution in [2.24, 2.45) is 0 Å². The summed E-state index contributed by atoms with van der Waals surface area (Å²) >= 11 is 5.88. The van der Waals surface area contributed by atoms with Crippen LogP contribution < -0.4 is 5.32 Å². The second kappa shape index (κ2) is 6.91. The second-order valence-corrected chi connectivity index (χ2v) is 5.79. The average molecular weight is 311 g/mol. The zero-order valence-corrected chi connectivity index (χ0v) is 12.7. The first kappa shape index (κ1) is 15.8. The fraction of sp³-hybridized carbons (Fsp3) is 0.467. The van der Waals surface area contributed by atoms with E-state index in [9.17, 15) is 9.59 Å². The maximum Gasteiger partial charge on any atom is 0.304 e. The van der Waals surface area contributed by atoms with Crippen LogP contribution in [0.15, 0.2) is 18.2 Å². The van der Waals surface area contributed by atoms with Crippen molar-refractivity contribution in [2.45, 2.75) is 32.2 Å². The highest BCUT2D eigenvalue weighted by Gasteiger charge is 2.30. The van der Waals surface area contributed by atoms with Crippen LogP contribution in [0.1, 0.15) is 24.8 Å². The maximum atomic E-state index is 12.1. The van der Waals surface area contributed by atoms with Crippen LogP contribution in [0.4, 0.5) is 5.69 Å². The van der Waals surface area contributed by atoms with Gasteiger partial charge in [-0.15, -0.1) is 0 Å². The lowest BCUT2D eigenvalue weighted by Gasteiger charge is -2.20. The summed E-state index contributed by atoms with van der Waals surface area (Å²) in [5, 5.41) is 12.2. The van der Waals surface area contributed by atoms with Crippen LogP contribution in [-0.4, -0.2) is 41.0 Å². The molecule has 6 heteroatoms. The van der Waals surface area contributed by atoms with Crippen LogP contribution >= 0.6 is 11.6 Å². The Bertz CT molecular complexity index is 544. The lowest BCUT2D eigenvalue weighted by Crippen LogP contribution is -2.36. The Balaban J connectivity index is 1.91. The van der Waals surface area contributed by atoms with Gasteiger partial charge < -0.3 is 10.4 Å². The van der Waals surface area contributed by atoms with Gasteiger partial charge in [-0.25, -0.2) is 0 Å². The molecular formula is C15H19ClN2O3. The zero-order valence-electron chi connectivity index (χ0n) is 11.9. The van der Waals surface area contributed by atoms with Gasteiger partial charge in [-0.2, -0.15) is 0 Å². The molecule has 2 N–H and O–H groups in total. The van der Waals surface area contributed by atoms with E-state index in [1.54, 1.807) is 18.2 Å². The summed E-state index contributed by atoms with van der Waals surface area (Å²) in [6, 6.07) is 5.64. The van der Waals surface area contributed by atoms with Crippen LogP contribution in [0.5, 0.6) is 0 Å². The van der Waals surface area contributed by atoms with Gasteiger partial charge >= 0.3 is 5.97 Å². The largest absolute Gasteiger partial charge is 0.481 e. The van der Waals surface area contributed by atoms with E-state index >= 15 is 0 Å². The molecule has 0 heterocycles. The maximum absolute atomic E-state index is 12.1. The molecule has 1 saturated carbocycles. The molecule has 0 aromatic heterocycles. The Morgan fingerprint density at radius 2 is 2.14 bits per heavy atom. The summed E-state index contributed by atoms with van der Waals surface area (Å²) in [4.78, 5) is 24.7. The van der Waals surface area contributed by atoms with Crippen molar-refractivity contribution in [1.29, 1.82) is 0 Å². The predicted molar refractivity (Wildman–Crippen MR) is 81.7 cm³/mol. The van der Waals surface area contributed by atoms with Gasteiger partial charge in [-0.3, -0.25) is 14.5 Å². The predicted octanol–water partition coefficient (Wildman–Crippen LogP) is 2.53. The number of amides is 1. The summed E-state index contributed by atoms with van der Waals surface area (Å²) in [5.41, 5.74) is 1.64. The first-order chi connectivity index (χ1) is 9.95. The average Bonchev–Trinajstić information content (AvgIpc) is 3.22. The standard InChI is InChI=1S/C15H19ClN2O3/c1-10-8-11(16)2-5-13(10)17-14(19)9-18(12-3-4-12)7-6-15(20)21/h2,5,8,12H,3-4,6-7,9H2,1H3,(H,17,19)(H,20,21). The van der Waals surface area contributed by atoms with Crippen molar-refractivity contribution in [2.75, 3.05) is 18.4 Å². The molecule has 114 valence electrons. The minimum absolute atomic E-state index is 0.0593. The molecule has 0 aliphatic heterocycles. The summed E-state index contributed by atoms with van der Waals surface area (Å²) in [6.45, 7) is 2.51. The third-order valence-corrected chi connectivity index (χ3v) is 3.72. The number of hydrogen-bond acceptors (Lipinski definition) is 3. The summed E-state index contributed by atoms with van der Waals surface area (Å²) < 4.78 is 0. The van der Waals surface area contributed by atoms with Gasteiger partial charge in [-0.1, -0.05) is 11.6 Å². The molecule has 5 nitrogen and oxygen atoms in total. The molecule has 0 bridgehead atoms. The Hall–Kier alpha value is -1.59. The van der Waals surface area contributed by atoms with Crippen molar-refractivity contribution in [3.8, 4) is 0 Å². The lowest BCUT2D eigenvalue weighted by molar-refractivity contribution is -0.137. The molecule has 21 heavy (non-hydrogen) atoms. The topological polar surface area (TPSA) is 69.6 Å². The minimum atomic E-state index is -0.838. The lowest BCUT2D eigenvalue weighted by atomic mass is 10.2. The third-order valence-electron chi connectivity index (χ3n) is 3.49. The van der Waals surface area contributed by atoms with Gasteiger partial charge in [0.05, 0.1) is 13.0 Å². The minimum Gasteiger partial charge on any atom is -0.481 e. The fourth-order valence-electron chi connectivity index (χ4n) is 2.21. The Kier molecular flexibility index (Phi) is 5.20. The van der Waals surface area contributed by atoms with E-state index in [1.165, 1.54) is 0 Å². The van der Waals surface area contributed by atoms with Crippen LogP contribution in [0.2, 0.25) is 5.02 Å². The number of carbonyl (C=O) groups is 2. The van der Waals surface area contributed by atoms with Crippen molar-refractivity contribution < 1.29 is 14.7 Å². The SMILES string of the molecule is Cc1cc(Cl)ccc1NC(=O)CN(CCC(=O)O)C1CC1. The van der Waals surface area contributed by atoms with Crippen LogP contribution in [-0.2, 0) is 9.59 Å². The normalized spacial score (nSPS) is 14.2. The number of halogens is 1. The number of carbonyl (C=O) groups excluding carboxylic acids is 1. The number of nitrogens with one attached hydrogen (secondary N) is 1. The zero-order chi connectivity index (χ0) is 15.4. The Morgan fingerprint density at radius 1 is 1.43 bits per heavy atom. The number of nitrogens with zero attached hydrogens (tertiary/aromatic N) is 1. The molecule has 1 amide bonds. The monoisotopic (exact) mass is 310 g/mol. The van der Waals surface area contributed by atoms with Gasteiger partial charge in [-0.05, 0) is 43.5 Å². The van der Waals surface area contributed by atoms with Crippen molar-refractivity contribution in [1.82, 2.24) is 4.90 Å². The van der Waals surface area contributed by atoms with Crippen LogP contribution in [0.3, 0.4) is 0 Å². The van der Waals surface area contributed by atoms with Crippen LogP contribution in [0, 0.1) is 6.92 Å². The number of carboxylic acids is 1. The highest BCUT2D eigenvalue weighted by molar-refractivity contribution is 6.30. The summed E-state index contributed by atoms with van der Waals surface area (Å²) in [7, 11) is 0. The van der Waals surface area contributed by atoms with Crippen molar-refractivity contribution >= 4 is 29.2 Å². The van der Waals surface area contributed by atoms with Crippen molar-refractivity contribution in [3.05, 3.63) is 28.8 Å². The number of anilines is 1. The molecule has 0 unspecified atom stereocenters. The van der Waals surface area contributed by atoms with E-state index in [2.05, 4.69) is 5.32 Å². The molecule has 2 rings (SSSR count). The Labute approximate surface area is 128 Å². The molecule has 0 atom stereocenters. The molecule has 1 aromatic carbocycles. The second-order valence-electron chi connectivity index (χ2n) is 5.35. The number of aliphatic carboxylic acids is 1. The van der Waals surface area contributed by atoms with Gasteiger partial charge in [0.1, 0.15) is 0 Å². The number of benzene rings is 1. The molecular weight excluding hydrogens is 292 g/mol. The molecule has 1 aliphatic carbocycles. The van der Waals surface area contributed by atoms with Gasteiger partial charge in [0, 0.05) is 23.3 Å². The van der Waals surface area contributed by atoms with Crippen LogP contribution in [0.25, 0.3) is 0 Å². The quantitative estimate of drug-likeness (QED) is 0.812. The van der Waals surface area contributed by atoms with E-state index in [-0.39, 0.29) is 18.9 Å². The van der Waals surface area contributed by atoms with Gasteiger partial charge in [0.15, 0.2) is 0 Å². The fourth-order valence-corrected chi connectivity index (χ4v) is 2.44.